The van der Waals surface area contributed by atoms with Crippen LogP contribution in [0.5, 0.6) is 0 Å². The second-order valence-corrected chi connectivity index (χ2v) is 7.44. The largest absolute Gasteiger partial charge is 0.383 e. The molecule has 0 bridgehead atoms. The highest BCUT2D eigenvalue weighted by atomic mass is 16.2. The maximum Gasteiger partial charge on any atom is 0.259 e. The number of allylic oxidation sites excluding steroid dienone is 1. The van der Waals surface area contributed by atoms with Gasteiger partial charge < -0.3 is 10.2 Å². The first-order valence-corrected chi connectivity index (χ1v) is 10.1. The molecule has 1 amide bonds. The van der Waals surface area contributed by atoms with Gasteiger partial charge in [-0.25, -0.2) is 0 Å². The van der Waals surface area contributed by atoms with Gasteiger partial charge in [0.1, 0.15) is 0 Å². The molecule has 4 heteroatoms. The van der Waals surface area contributed by atoms with Crippen molar-refractivity contribution in [1.82, 2.24) is 4.98 Å². The Morgan fingerprint density at radius 2 is 2.04 bits per heavy atom. The molecule has 1 aromatic heterocycles. The van der Waals surface area contributed by atoms with Gasteiger partial charge in [-0.1, -0.05) is 29.8 Å². The van der Waals surface area contributed by atoms with Crippen LogP contribution < -0.4 is 10.2 Å². The summed E-state index contributed by atoms with van der Waals surface area (Å²) < 4.78 is 0. The number of amides is 1. The highest BCUT2D eigenvalue weighted by Gasteiger charge is 2.23. The number of nitrogens with one attached hydrogen (secondary N) is 1. The first-order valence-electron chi connectivity index (χ1n) is 10.1. The van der Waals surface area contributed by atoms with Crippen LogP contribution in [0.25, 0.3) is 0 Å². The maximum absolute atomic E-state index is 13.1. The van der Waals surface area contributed by atoms with Crippen molar-refractivity contribution in [3.05, 3.63) is 65.5 Å². The third kappa shape index (κ3) is 4.21. The third-order valence-corrected chi connectivity index (χ3v) is 5.50. The van der Waals surface area contributed by atoms with Crippen LogP contribution in [-0.4, -0.2) is 24.0 Å². The average Bonchev–Trinajstić information content (AvgIpc) is 2.74. The van der Waals surface area contributed by atoms with E-state index in [1.54, 1.807) is 18.0 Å². The lowest BCUT2D eigenvalue weighted by atomic mass is 9.97. The Morgan fingerprint density at radius 1 is 1.11 bits per heavy atom. The van der Waals surface area contributed by atoms with Crippen molar-refractivity contribution in [2.24, 2.45) is 0 Å². The molecule has 2 aromatic rings. The van der Waals surface area contributed by atoms with E-state index >= 15 is 0 Å². The Kier molecular flexibility index (Phi) is 5.52. The summed E-state index contributed by atoms with van der Waals surface area (Å²) in [6.07, 6.45) is 14.1. The van der Waals surface area contributed by atoms with E-state index in [9.17, 15) is 4.79 Å². The average molecular weight is 361 g/mol. The molecule has 2 aliphatic rings. The molecule has 1 aromatic carbocycles. The van der Waals surface area contributed by atoms with Gasteiger partial charge in [-0.15, -0.1) is 0 Å². The number of benzene rings is 1. The summed E-state index contributed by atoms with van der Waals surface area (Å²) in [5, 5.41) is 3.44. The van der Waals surface area contributed by atoms with Gasteiger partial charge in [0.2, 0.25) is 0 Å². The van der Waals surface area contributed by atoms with E-state index in [2.05, 4.69) is 22.4 Å². The Balaban J connectivity index is 1.43. The molecule has 4 nitrogen and oxygen atoms in total. The highest BCUT2D eigenvalue weighted by Crippen LogP contribution is 2.28. The zero-order valence-electron chi connectivity index (χ0n) is 15.8. The minimum atomic E-state index is 0.0355. The summed E-state index contributed by atoms with van der Waals surface area (Å²) in [5.74, 6) is 0.0355. The normalized spacial score (nSPS) is 16.4. The van der Waals surface area contributed by atoms with Crippen molar-refractivity contribution in [2.45, 2.75) is 44.9 Å². The van der Waals surface area contributed by atoms with Gasteiger partial charge in [0, 0.05) is 31.2 Å². The molecule has 1 aliphatic heterocycles. The molecular weight excluding hydrogens is 334 g/mol. The fourth-order valence-electron chi connectivity index (χ4n) is 4.05. The first kappa shape index (κ1) is 17.8. The van der Waals surface area contributed by atoms with Crippen LogP contribution >= 0.6 is 0 Å². The molecule has 0 fully saturated rings. The highest BCUT2D eigenvalue weighted by molar-refractivity contribution is 6.07. The number of hydrogen-bond donors (Lipinski definition) is 1. The molecule has 0 unspecified atom stereocenters. The Morgan fingerprint density at radius 3 is 2.93 bits per heavy atom. The van der Waals surface area contributed by atoms with Crippen molar-refractivity contribution >= 4 is 17.3 Å². The Labute approximate surface area is 161 Å². The Bertz CT molecular complexity index is 843. The van der Waals surface area contributed by atoms with E-state index in [0.29, 0.717) is 5.56 Å². The molecule has 1 N–H and O–H groups in total. The van der Waals surface area contributed by atoms with Crippen molar-refractivity contribution in [3.63, 3.8) is 0 Å². The number of aryl methyl sites for hydroxylation is 1. The molecule has 4 rings (SSSR count). The number of carbonyl (C=O) groups excluding carboxylic acids is 1. The monoisotopic (exact) mass is 361 g/mol. The van der Waals surface area contributed by atoms with E-state index in [4.69, 9.17) is 0 Å². The number of para-hydroxylation sites is 1. The summed E-state index contributed by atoms with van der Waals surface area (Å²) in [5.41, 5.74) is 5.41. The Hall–Kier alpha value is -2.62. The van der Waals surface area contributed by atoms with Crippen LogP contribution in [0.3, 0.4) is 0 Å². The van der Waals surface area contributed by atoms with E-state index in [1.807, 2.05) is 29.2 Å². The van der Waals surface area contributed by atoms with E-state index in [-0.39, 0.29) is 5.91 Å². The number of rotatable bonds is 5. The van der Waals surface area contributed by atoms with Crippen LogP contribution in [-0.2, 0) is 6.42 Å². The van der Waals surface area contributed by atoms with E-state index in [0.717, 1.165) is 43.7 Å². The number of pyridine rings is 1. The van der Waals surface area contributed by atoms with Crippen LogP contribution in [0, 0.1) is 0 Å². The van der Waals surface area contributed by atoms with Crippen LogP contribution in [0.1, 0.15) is 54.4 Å². The molecule has 0 saturated carbocycles. The fourth-order valence-corrected chi connectivity index (χ4v) is 4.05. The lowest BCUT2D eigenvalue weighted by Gasteiger charge is -2.29. The van der Waals surface area contributed by atoms with Gasteiger partial charge >= 0.3 is 0 Å². The van der Waals surface area contributed by atoms with E-state index in [1.165, 1.54) is 31.2 Å². The van der Waals surface area contributed by atoms with Crippen molar-refractivity contribution in [1.29, 1.82) is 0 Å². The summed E-state index contributed by atoms with van der Waals surface area (Å²) in [4.78, 5) is 19.3. The standard InChI is InChI=1S/C23H27N3O/c27-23(26-14-6-10-19-9-4-5-11-22(19)26)20-15-21(17-24-16-20)25-13-12-18-7-2-1-3-8-18/h4-5,7,9,11,15-17,25H,1-3,6,8,10,12-14H2. The molecular formula is C23H27N3O. The zero-order chi connectivity index (χ0) is 18.5. The number of fused-ring (bicyclic) bond motifs is 1. The minimum Gasteiger partial charge on any atom is -0.383 e. The van der Waals surface area contributed by atoms with Crippen molar-refractivity contribution in [3.8, 4) is 0 Å². The lowest BCUT2D eigenvalue weighted by Crippen LogP contribution is -2.35. The van der Waals surface area contributed by atoms with Crippen molar-refractivity contribution in [2.75, 3.05) is 23.3 Å². The number of carbonyl (C=O) groups is 1. The molecule has 0 atom stereocenters. The molecule has 140 valence electrons. The second kappa shape index (κ2) is 8.38. The molecule has 27 heavy (non-hydrogen) atoms. The molecule has 0 radical (unpaired) electrons. The minimum absolute atomic E-state index is 0.0355. The number of hydrogen-bond acceptors (Lipinski definition) is 3. The number of aromatic nitrogens is 1. The van der Waals surface area contributed by atoms with Gasteiger partial charge in [-0.3, -0.25) is 9.78 Å². The van der Waals surface area contributed by atoms with Crippen LogP contribution in [0.4, 0.5) is 11.4 Å². The quantitative estimate of drug-likeness (QED) is 0.764. The van der Waals surface area contributed by atoms with Gasteiger partial charge in [-0.05, 0) is 62.6 Å². The molecule has 1 aliphatic carbocycles. The third-order valence-electron chi connectivity index (χ3n) is 5.50. The SMILES string of the molecule is O=C(c1cncc(NCCC2=CCCCC2)c1)N1CCCc2ccccc21. The van der Waals surface area contributed by atoms with E-state index < -0.39 is 0 Å². The van der Waals surface area contributed by atoms with Gasteiger partial charge in [0.05, 0.1) is 11.3 Å². The summed E-state index contributed by atoms with van der Waals surface area (Å²) in [6.45, 7) is 1.65. The smallest absolute Gasteiger partial charge is 0.259 e. The topological polar surface area (TPSA) is 45.2 Å². The first-order chi connectivity index (χ1) is 13.3. The maximum atomic E-state index is 13.1. The predicted molar refractivity (Wildman–Crippen MR) is 110 cm³/mol. The van der Waals surface area contributed by atoms with Gasteiger partial charge in [-0.2, -0.15) is 0 Å². The summed E-state index contributed by atoms with van der Waals surface area (Å²) >= 11 is 0. The van der Waals surface area contributed by atoms with Crippen molar-refractivity contribution < 1.29 is 4.79 Å². The van der Waals surface area contributed by atoms with Crippen LogP contribution in [0.2, 0.25) is 0 Å². The molecule has 0 saturated heterocycles. The van der Waals surface area contributed by atoms with Gasteiger partial charge in [0.25, 0.3) is 5.91 Å². The number of anilines is 2. The fraction of sp³-hybridized carbons (Fsp3) is 0.391. The summed E-state index contributed by atoms with van der Waals surface area (Å²) in [6, 6.07) is 10.1. The molecule has 2 heterocycles. The molecule has 0 spiro atoms. The zero-order valence-corrected chi connectivity index (χ0v) is 15.8. The second-order valence-electron chi connectivity index (χ2n) is 7.44. The van der Waals surface area contributed by atoms with Crippen LogP contribution in [0.15, 0.2) is 54.4 Å². The predicted octanol–water partition coefficient (Wildman–Crippen LogP) is 4.98. The summed E-state index contributed by atoms with van der Waals surface area (Å²) in [7, 11) is 0. The van der Waals surface area contributed by atoms with Gasteiger partial charge in [0.15, 0.2) is 0 Å². The number of nitrogens with zero attached hydrogens (tertiary/aromatic N) is 2. The lowest BCUT2D eigenvalue weighted by molar-refractivity contribution is 0.0985.